The lowest BCUT2D eigenvalue weighted by molar-refractivity contribution is 0.574. The van der Waals surface area contributed by atoms with Gasteiger partial charge in [0.15, 0.2) is 0 Å². The Balaban J connectivity index is 1.94. The summed E-state index contributed by atoms with van der Waals surface area (Å²) in [6, 6.07) is 5.90. The number of thioether (sulfide) groups is 1. The van der Waals surface area contributed by atoms with Crippen LogP contribution in [0.1, 0.15) is 25.7 Å². The summed E-state index contributed by atoms with van der Waals surface area (Å²) in [5.74, 6) is 1.16. The number of alkyl halides is 1. The average Bonchev–Trinajstić information content (AvgIpc) is 2.81. The minimum Gasteiger partial charge on any atom is -0.207 e. The van der Waals surface area contributed by atoms with Crippen molar-refractivity contribution < 1.29 is 8.78 Å². The van der Waals surface area contributed by atoms with E-state index in [0.717, 1.165) is 28.9 Å². The summed E-state index contributed by atoms with van der Waals surface area (Å²) in [5, 5.41) is 0. The molecule has 1 aliphatic rings. The molecule has 0 bridgehead atoms. The molecule has 1 aromatic carbocycles. The van der Waals surface area contributed by atoms with Gasteiger partial charge in [0, 0.05) is 27.1 Å². The topological polar surface area (TPSA) is 0 Å². The Kier molecular flexibility index (Phi) is 3.96. The summed E-state index contributed by atoms with van der Waals surface area (Å²) >= 11 is 7.20. The molecule has 1 aliphatic heterocycles. The van der Waals surface area contributed by atoms with Gasteiger partial charge in [0.1, 0.15) is 11.6 Å². The van der Waals surface area contributed by atoms with Crippen LogP contribution in [0.5, 0.6) is 0 Å². The Hall–Kier alpha value is -0.390. The van der Waals surface area contributed by atoms with Crippen molar-refractivity contribution in [3.8, 4) is 0 Å². The molecular formula is C14H11BrF2S2. The van der Waals surface area contributed by atoms with Crippen LogP contribution in [0, 0.1) is 11.6 Å². The molecule has 5 heteroatoms. The van der Waals surface area contributed by atoms with Crippen LogP contribution in [0.25, 0.3) is 0 Å². The number of benzene rings is 1. The first-order valence-corrected chi connectivity index (χ1v) is 8.82. The first kappa shape index (κ1) is 13.6. The molecule has 19 heavy (non-hydrogen) atoms. The van der Waals surface area contributed by atoms with Crippen molar-refractivity contribution in [2.24, 2.45) is 0 Å². The fraction of sp³-hybridized carbons (Fsp3) is 0.286. The van der Waals surface area contributed by atoms with E-state index in [0.29, 0.717) is 5.56 Å². The molecule has 0 aliphatic carbocycles. The molecule has 1 atom stereocenters. The second-order valence-corrected chi connectivity index (χ2v) is 7.62. The second-order valence-electron chi connectivity index (χ2n) is 4.43. The fourth-order valence-electron chi connectivity index (χ4n) is 2.16. The van der Waals surface area contributed by atoms with Crippen LogP contribution in [0.15, 0.2) is 24.3 Å². The van der Waals surface area contributed by atoms with Gasteiger partial charge in [0.25, 0.3) is 0 Å². The molecular weight excluding hydrogens is 350 g/mol. The van der Waals surface area contributed by atoms with Crippen LogP contribution < -0.4 is 0 Å². The lowest BCUT2D eigenvalue weighted by atomic mass is 10.1. The maximum Gasteiger partial charge on any atom is 0.130 e. The van der Waals surface area contributed by atoms with Crippen molar-refractivity contribution in [3.05, 3.63) is 56.8 Å². The van der Waals surface area contributed by atoms with Gasteiger partial charge in [-0.1, -0.05) is 22.0 Å². The van der Waals surface area contributed by atoms with Gasteiger partial charge in [-0.2, -0.15) is 11.8 Å². The fourth-order valence-corrected chi connectivity index (χ4v) is 5.31. The molecule has 2 heterocycles. The molecule has 0 saturated carbocycles. The van der Waals surface area contributed by atoms with E-state index < -0.39 is 11.6 Å². The highest BCUT2D eigenvalue weighted by Crippen LogP contribution is 2.40. The van der Waals surface area contributed by atoms with Crippen molar-refractivity contribution in [2.45, 2.75) is 17.0 Å². The maximum absolute atomic E-state index is 13.8. The molecule has 0 N–H and O–H groups in total. The van der Waals surface area contributed by atoms with E-state index in [2.05, 4.69) is 22.0 Å². The number of hydrogen-bond donors (Lipinski definition) is 0. The first-order chi connectivity index (χ1) is 9.15. The number of hydrogen-bond acceptors (Lipinski definition) is 2. The minimum atomic E-state index is -0.539. The van der Waals surface area contributed by atoms with Gasteiger partial charge in [-0.3, -0.25) is 0 Å². The van der Waals surface area contributed by atoms with Crippen LogP contribution in [0.4, 0.5) is 8.78 Å². The molecule has 1 unspecified atom stereocenters. The number of halogens is 3. The van der Waals surface area contributed by atoms with Crippen molar-refractivity contribution in [2.75, 3.05) is 5.75 Å². The molecule has 3 rings (SSSR count). The third-order valence-electron chi connectivity index (χ3n) is 3.13. The summed E-state index contributed by atoms with van der Waals surface area (Å²) in [7, 11) is 0. The summed E-state index contributed by atoms with van der Waals surface area (Å²) in [5.41, 5.74) is 1.86. The van der Waals surface area contributed by atoms with E-state index >= 15 is 0 Å². The van der Waals surface area contributed by atoms with Gasteiger partial charge in [-0.05, 0) is 29.9 Å². The van der Waals surface area contributed by atoms with Crippen molar-refractivity contribution in [1.82, 2.24) is 0 Å². The highest BCUT2D eigenvalue weighted by atomic mass is 79.9. The summed E-state index contributed by atoms with van der Waals surface area (Å²) < 4.78 is 26.7. The second kappa shape index (κ2) is 5.54. The lowest BCUT2D eigenvalue weighted by Crippen LogP contribution is -1.96. The maximum atomic E-state index is 13.8. The summed E-state index contributed by atoms with van der Waals surface area (Å²) in [4.78, 5) is 2.30. The van der Waals surface area contributed by atoms with Crippen molar-refractivity contribution in [3.63, 3.8) is 0 Å². The molecule has 0 nitrogen and oxygen atoms in total. The standard InChI is InChI=1S/C14H11BrF2S2/c15-14(10-2-1-9(16)6-11(10)17)13-5-8-7-18-4-3-12(8)19-13/h1-2,5-6,14H,3-4,7H2. The van der Waals surface area contributed by atoms with E-state index in [9.17, 15) is 8.78 Å². The third kappa shape index (κ3) is 2.73. The summed E-state index contributed by atoms with van der Waals surface area (Å²) in [6.07, 6.45) is 1.09. The molecule has 2 aromatic rings. The molecule has 0 amide bonds. The Bertz CT molecular complexity index is 586. The van der Waals surface area contributed by atoms with Crippen molar-refractivity contribution >= 4 is 39.0 Å². The van der Waals surface area contributed by atoms with Crippen LogP contribution in [-0.2, 0) is 12.2 Å². The Labute approximate surface area is 127 Å². The van der Waals surface area contributed by atoms with Gasteiger partial charge in [-0.15, -0.1) is 11.3 Å². The van der Waals surface area contributed by atoms with Crippen molar-refractivity contribution in [1.29, 1.82) is 0 Å². The SMILES string of the molecule is Fc1ccc(C(Br)c2cc3c(s2)CCSC3)c(F)c1. The van der Waals surface area contributed by atoms with Crippen LogP contribution in [0.3, 0.4) is 0 Å². The van der Waals surface area contributed by atoms with Gasteiger partial charge in [0.05, 0.1) is 4.83 Å². The molecule has 1 aromatic heterocycles. The Morgan fingerprint density at radius 2 is 2.05 bits per heavy atom. The van der Waals surface area contributed by atoms with E-state index in [1.165, 1.54) is 22.6 Å². The minimum absolute atomic E-state index is 0.200. The molecule has 0 fully saturated rings. The van der Waals surface area contributed by atoms with E-state index in [1.807, 2.05) is 11.8 Å². The van der Waals surface area contributed by atoms with E-state index in [-0.39, 0.29) is 4.83 Å². The Morgan fingerprint density at radius 1 is 1.21 bits per heavy atom. The van der Waals surface area contributed by atoms with Gasteiger partial charge in [0.2, 0.25) is 0 Å². The predicted molar refractivity (Wildman–Crippen MR) is 81.3 cm³/mol. The number of aryl methyl sites for hydroxylation is 1. The number of rotatable bonds is 2. The monoisotopic (exact) mass is 360 g/mol. The largest absolute Gasteiger partial charge is 0.207 e. The molecule has 0 radical (unpaired) electrons. The quantitative estimate of drug-likeness (QED) is 0.654. The highest BCUT2D eigenvalue weighted by molar-refractivity contribution is 9.09. The van der Waals surface area contributed by atoms with Crippen LogP contribution in [0.2, 0.25) is 0 Å². The number of thiophene rings is 1. The van der Waals surface area contributed by atoms with Gasteiger partial charge < -0.3 is 0 Å². The summed E-state index contributed by atoms with van der Waals surface area (Å²) in [6.45, 7) is 0. The van der Waals surface area contributed by atoms with Gasteiger partial charge >= 0.3 is 0 Å². The normalized spacial score (nSPS) is 16.2. The zero-order valence-corrected chi connectivity index (χ0v) is 13.2. The molecule has 0 spiro atoms. The number of fused-ring (bicyclic) bond motifs is 1. The van der Waals surface area contributed by atoms with Crippen LogP contribution >= 0.6 is 39.0 Å². The predicted octanol–water partition coefficient (Wildman–Crippen LogP) is 5.30. The first-order valence-electron chi connectivity index (χ1n) is 5.93. The zero-order chi connectivity index (χ0) is 13.4. The van der Waals surface area contributed by atoms with Gasteiger partial charge in [-0.25, -0.2) is 8.78 Å². The van der Waals surface area contributed by atoms with Crippen LogP contribution in [-0.4, -0.2) is 5.75 Å². The molecule has 0 saturated heterocycles. The average molecular weight is 361 g/mol. The van der Waals surface area contributed by atoms with E-state index in [1.54, 1.807) is 11.3 Å². The zero-order valence-electron chi connectivity index (χ0n) is 9.96. The lowest BCUT2D eigenvalue weighted by Gasteiger charge is -2.09. The highest BCUT2D eigenvalue weighted by Gasteiger charge is 2.21. The third-order valence-corrected chi connectivity index (χ3v) is 6.73. The molecule has 100 valence electrons. The smallest absolute Gasteiger partial charge is 0.130 e. The Morgan fingerprint density at radius 3 is 2.79 bits per heavy atom. The van der Waals surface area contributed by atoms with E-state index in [4.69, 9.17) is 0 Å².